The summed E-state index contributed by atoms with van der Waals surface area (Å²) in [5, 5.41) is 0. The Labute approximate surface area is 144 Å². The minimum atomic E-state index is -4.87. The number of hydrogen-bond donors (Lipinski definition) is 0. The number of carbonyl (C=O) groups is 2. The molecule has 1 heterocycles. The zero-order valence-electron chi connectivity index (χ0n) is 14.2. The van der Waals surface area contributed by atoms with Gasteiger partial charge in [-0.1, -0.05) is 13.8 Å². The second-order valence-electron chi connectivity index (χ2n) is 6.32. The lowest BCUT2D eigenvalue weighted by Crippen LogP contribution is -2.49. The molecule has 0 saturated carbocycles. The summed E-state index contributed by atoms with van der Waals surface area (Å²) < 4.78 is 42.4. The summed E-state index contributed by atoms with van der Waals surface area (Å²) in [5.74, 6) is -1.58. The number of benzene rings is 1. The van der Waals surface area contributed by atoms with E-state index in [1.54, 1.807) is 4.90 Å². The Hall–Kier alpha value is -2.25. The van der Waals surface area contributed by atoms with Gasteiger partial charge >= 0.3 is 12.3 Å². The van der Waals surface area contributed by atoms with Crippen LogP contribution in [0.2, 0.25) is 0 Å². The van der Waals surface area contributed by atoms with Gasteiger partial charge in [-0.25, -0.2) is 4.79 Å². The van der Waals surface area contributed by atoms with Gasteiger partial charge in [-0.3, -0.25) is 4.79 Å². The lowest BCUT2D eigenvalue weighted by molar-refractivity contribution is -0.0885. The molecule has 1 fully saturated rings. The first-order chi connectivity index (χ1) is 11.7. The van der Waals surface area contributed by atoms with Crippen LogP contribution in [-0.4, -0.2) is 55.7 Å². The molecule has 138 valence electrons. The molecular formula is C17H21F3N2O3. The highest BCUT2D eigenvalue weighted by molar-refractivity contribution is 6.00. The molecule has 1 saturated heterocycles. The van der Waals surface area contributed by atoms with Crippen molar-refractivity contribution in [3.05, 3.63) is 29.8 Å². The van der Waals surface area contributed by atoms with E-state index in [1.165, 1.54) is 24.3 Å². The molecule has 0 bridgehead atoms. The van der Waals surface area contributed by atoms with Crippen molar-refractivity contribution in [3.8, 4) is 0 Å². The van der Waals surface area contributed by atoms with Crippen LogP contribution >= 0.6 is 0 Å². The highest BCUT2D eigenvalue weighted by Crippen LogP contribution is 2.24. The highest BCUT2D eigenvalue weighted by Gasteiger charge is 2.39. The Morgan fingerprint density at radius 3 is 2.12 bits per heavy atom. The number of nitrogens with zero attached hydrogens (tertiary/aromatic N) is 2. The predicted octanol–water partition coefficient (Wildman–Crippen LogP) is 3.35. The Kier molecular flexibility index (Phi) is 5.92. The molecule has 8 heteroatoms. The summed E-state index contributed by atoms with van der Waals surface area (Å²) in [6.45, 7) is 6.32. The molecule has 0 N–H and O–H groups in total. The summed E-state index contributed by atoms with van der Waals surface area (Å²) in [5.41, 5.74) is 0.334. The number of halogens is 3. The van der Waals surface area contributed by atoms with Crippen molar-refractivity contribution >= 4 is 17.6 Å². The van der Waals surface area contributed by atoms with E-state index < -0.39 is 12.0 Å². The van der Waals surface area contributed by atoms with E-state index in [9.17, 15) is 22.8 Å². The maximum atomic E-state index is 12.4. The summed E-state index contributed by atoms with van der Waals surface area (Å²) in [6.07, 6.45) is -5.22. The van der Waals surface area contributed by atoms with Crippen LogP contribution in [0, 0.1) is 5.92 Å². The third kappa shape index (κ3) is 5.11. The summed E-state index contributed by atoms with van der Waals surface area (Å²) >= 11 is 0. The van der Waals surface area contributed by atoms with Gasteiger partial charge in [-0.05, 0) is 30.2 Å². The molecule has 2 rings (SSSR count). The molecule has 0 unspecified atom stereocenters. The van der Waals surface area contributed by atoms with Gasteiger partial charge in [0.05, 0.1) is 6.61 Å². The smallest absolute Gasteiger partial charge is 0.449 e. The van der Waals surface area contributed by atoms with E-state index >= 15 is 0 Å². The normalized spacial score (nSPS) is 15.4. The number of rotatable bonds is 4. The van der Waals surface area contributed by atoms with Gasteiger partial charge in [0, 0.05) is 37.4 Å². The topological polar surface area (TPSA) is 49.9 Å². The monoisotopic (exact) mass is 358 g/mol. The standard InChI is InChI=1S/C17H21F3N2O3/c1-12(2)11-25-16(24)22-9-7-21(8-10-22)14-5-3-13(4-6-14)15(23)17(18,19)20/h3-6,12H,7-11H2,1-2H3. The largest absolute Gasteiger partial charge is 0.454 e. The average Bonchev–Trinajstić information content (AvgIpc) is 2.58. The van der Waals surface area contributed by atoms with E-state index in [1.807, 2.05) is 18.7 Å². The SMILES string of the molecule is CC(C)COC(=O)N1CCN(c2ccc(C(=O)C(F)(F)F)cc2)CC1. The molecule has 0 radical (unpaired) electrons. The molecule has 0 spiro atoms. The number of ketones is 1. The molecule has 1 amide bonds. The van der Waals surface area contributed by atoms with E-state index in [0.717, 1.165) is 0 Å². The quantitative estimate of drug-likeness (QED) is 0.775. The third-order valence-electron chi connectivity index (χ3n) is 3.83. The van der Waals surface area contributed by atoms with Gasteiger partial charge < -0.3 is 14.5 Å². The first-order valence-electron chi connectivity index (χ1n) is 8.06. The molecule has 0 atom stereocenters. The maximum Gasteiger partial charge on any atom is 0.454 e. The van der Waals surface area contributed by atoms with Crippen LogP contribution in [0.3, 0.4) is 0 Å². The van der Waals surface area contributed by atoms with E-state index in [-0.39, 0.29) is 17.6 Å². The summed E-state index contributed by atoms with van der Waals surface area (Å²) in [4.78, 5) is 26.6. The van der Waals surface area contributed by atoms with Crippen LogP contribution in [0.4, 0.5) is 23.7 Å². The number of hydrogen-bond acceptors (Lipinski definition) is 4. The van der Waals surface area contributed by atoms with Crippen molar-refractivity contribution in [2.24, 2.45) is 5.92 Å². The molecule has 1 aliphatic heterocycles. The molecule has 5 nitrogen and oxygen atoms in total. The maximum absolute atomic E-state index is 12.4. The van der Waals surface area contributed by atoms with Gasteiger partial charge in [-0.2, -0.15) is 13.2 Å². The number of alkyl halides is 3. The van der Waals surface area contributed by atoms with Crippen molar-refractivity contribution in [3.63, 3.8) is 0 Å². The number of ether oxygens (including phenoxy) is 1. The molecule has 0 aromatic heterocycles. The fraction of sp³-hybridized carbons (Fsp3) is 0.529. The summed E-state index contributed by atoms with van der Waals surface area (Å²) in [6, 6.07) is 5.33. The Bertz CT molecular complexity index is 607. The van der Waals surface area contributed by atoms with Gasteiger partial charge in [-0.15, -0.1) is 0 Å². The first-order valence-corrected chi connectivity index (χ1v) is 8.06. The van der Waals surface area contributed by atoms with Crippen LogP contribution < -0.4 is 4.90 Å². The first kappa shape index (κ1) is 19.1. The molecule has 1 aromatic rings. The molecule has 0 aliphatic carbocycles. The van der Waals surface area contributed by atoms with E-state index in [4.69, 9.17) is 4.74 Å². The number of anilines is 1. The van der Waals surface area contributed by atoms with Gasteiger partial charge in [0.15, 0.2) is 0 Å². The second kappa shape index (κ2) is 7.76. The van der Waals surface area contributed by atoms with Crippen molar-refractivity contribution in [1.29, 1.82) is 0 Å². The molecular weight excluding hydrogens is 337 g/mol. The lowest BCUT2D eigenvalue weighted by Gasteiger charge is -2.35. The lowest BCUT2D eigenvalue weighted by atomic mass is 10.1. The van der Waals surface area contributed by atoms with Crippen LogP contribution in [0.5, 0.6) is 0 Å². The summed E-state index contributed by atoms with van der Waals surface area (Å²) in [7, 11) is 0. The fourth-order valence-corrected chi connectivity index (χ4v) is 2.46. The van der Waals surface area contributed by atoms with Gasteiger partial charge in [0.25, 0.3) is 5.78 Å². The highest BCUT2D eigenvalue weighted by atomic mass is 19.4. The van der Waals surface area contributed by atoms with E-state index in [2.05, 4.69) is 0 Å². The third-order valence-corrected chi connectivity index (χ3v) is 3.83. The van der Waals surface area contributed by atoms with Crippen LogP contribution in [0.25, 0.3) is 0 Å². The van der Waals surface area contributed by atoms with Crippen LogP contribution in [0.15, 0.2) is 24.3 Å². The number of carbonyl (C=O) groups excluding carboxylic acids is 2. The number of piperazine rings is 1. The number of Topliss-reactive ketones (excluding diaryl/α,β-unsaturated/α-hetero) is 1. The zero-order valence-corrected chi connectivity index (χ0v) is 14.2. The molecule has 1 aliphatic rings. The minimum absolute atomic E-state index is 0.267. The van der Waals surface area contributed by atoms with Crippen molar-refractivity contribution in [1.82, 2.24) is 4.90 Å². The van der Waals surface area contributed by atoms with Gasteiger partial charge in [0.1, 0.15) is 0 Å². The minimum Gasteiger partial charge on any atom is -0.449 e. The van der Waals surface area contributed by atoms with Crippen LogP contribution in [-0.2, 0) is 4.74 Å². The Morgan fingerprint density at radius 2 is 1.64 bits per heavy atom. The van der Waals surface area contributed by atoms with Crippen molar-refractivity contribution in [2.75, 3.05) is 37.7 Å². The fourth-order valence-electron chi connectivity index (χ4n) is 2.46. The number of amides is 1. The van der Waals surface area contributed by atoms with Crippen LogP contribution in [0.1, 0.15) is 24.2 Å². The Balaban J connectivity index is 1.90. The van der Waals surface area contributed by atoms with Crippen molar-refractivity contribution in [2.45, 2.75) is 20.0 Å². The molecule has 1 aromatic carbocycles. The molecule has 25 heavy (non-hydrogen) atoms. The predicted molar refractivity (Wildman–Crippen MR) is 86.8 cm³/mol. The van der Waals surface area contributed by atoms with Crippen molar-refractivity contribution < 1.29 is 27.5 Å². The second-order valence-corrected chi connectivity index (χ2v) is 6.32. The Morgan fingerprint density at radius 1 is 1.08 bits per heavy atom. The van der Waals surface area contributed by atoms with E-state index in [0.29, 0.717) is 38.5 Å². The average molecular weight is 358 g/mol. The zero-order chi connectivity index (χ0) is 18.6. The van der Waals surface area contributed by atoms with Gasteiger partial charge in [0.2, 0.25) is 0 Å².